The van der Waals surface area contributed by atoms with Crippen LogP contribution in [0.3, 0.4) is 0 Å². The second-order valence-corrected chi connectivity index (χ2v) is 6.39. The molecule has 0 saturated heterocycles. The van der Waals surface area contributed by atoms with Crippen molar-refractivity contribution in [1.29, 1.82) is 0 Å². The van der Waals surface area contributed by atoms with Crippen LogP contribution in [-0.2, 0) is 6.42 Å². The van der Waals surface area contributed by atoms with Crippen molar-refractivity contribution in [2.45, 2.75) is 19.3 Å². The predicted octanol–water partition coefficient (Wildman–Crippen LogP) is 4.06. The largest absolute Gasteiger partial charge is 0.356 e. The number of halogens is 2. The SMILES string of the molecule is CC1CN(c2cc(Br)ncn2)CCc2ccc(Cl)cc21. The molecule has 1 aliphatic rings. The van der Waals surface area contributed by atoms with Crippen molar-refractivity contribution in [3.05, 3.63) is 51.3 Å². The van der Waals surface area contributed by atoms with Gasteiger partial charge in [-0.25, -0.2) is 9.97 Å². The first-order valence-corrected chi connectivity index (χ1v) is 7.81. The van der Waals surface area contributed by atoms with Crippen LogP contribution in [-0.4, -0.2) is 23.1 Å². The van der Waals surface area contributed by atoms with E-state index in [1.54, 1.807) is 6.33 Å². The molecule has 1 atom stereocenters. The quantitative estimate of drug-likeness (QED) is 0.725. The summed E-state index contributed by atoms with van der Waals surface area (Å²) in [5.74, 6) is 1.40. The maximum absolute atomic E-state index is 6.13. The molecule has 0 aliphatic carbocycles. The van der Waals surface area contributed by atoms with Crippen LogP contribution in [0.5, 0.6) is 0 Å². The minimum atomic E-state index is 0.431. The molecule has 0 amide bonds. The summed E-state index contributed by atoms with van der Waals surface area (Å²) in [5, 5.41) is 0.814. The molecule has 3 rings (SSSR count). The molecule has 1 unspecified atom stereocenters. The summed E-state index contributed by atoms with van der Waals surface area (Å²) in [6, 6.07) is 8.19. The third kappa shape index (κ3) is 2.81. The summed E-state index contributed by atoms with van der Waals surface area (Å²) in [7, 11) is 0. The van der Waals surface area contributed by atoms with Crippen LogP contribution in [0.15, 0.2) is 35.2 Å². The summed E-state index contributed by atoms with van der Waals surface area (Å²) in [5.41, 5.74) is 2.74. The van der Waals surface area contributed by atoms with Crippen LogP contribution in [0.4, 0.5) is 5.82 Å². The lowest BCUT2D eigenvalue weighted by atomic mass is 9.95. The summed E-state index contributed by atoms with van der Waals surface area (Å²) < 4.78 is 0.819. The predicted molar refractivity (Wildman–Crippen MR) is 85.5 cm³/mol. The number of benzene rings is 1. The van der Waals surface area contributed by atoms with Gasteiger partial charge in [0, 0.05) is 24.2 Å². The molecular formula is C15H15BrClN3. The van der Waals surface area contributed by atoms with E-state index in [9.17, 15) is 0 Å². The number of anilines is 1. The molecular weight excluding hydrogens is 338 g/mol. The normalized spacial score (nSPS) is 18.6. The fourth-order valence-corrected chi connectivity index (χ4v) is 3.21. The minimum Gasteiger partial charge on any atom is -0.356 e. The van der Waals surface area contributed by atoms with E-state index in [1.807, 2.05) is 12.1 Å². The van der Waals surface area contributed by atoms with Crippen LogP contribution in [0.1, 0.15) is 24.0 Å². The van der Waals surface area contributed by atoms with Gasteiger partial charge in [-0.3, -0.25) is 0 Å². The highest BCUT2D eigenvalue weighted by molar-refractivity contribution is 9.10. The Balaban J connectivity index is 1.90. The molecule has 2 aromatic rings. The van der Waals surface area contributed by atoms with Crippen molar-refractivity contribution in [3.63, 3.8) is 0 Å². The van der Waals surface area contributed by atoms with Crippen LogP contribution < -0.4 is 4.90 Å². The summed E-state index contributed by atoms with van der Waals surface area (Å²) in [6.07, 6.45) is 2.61. The molecule has 0 bridgehead atoms. The van der Waals surface area contributed by atoms with E-state index in [4.69, 9.17) is 11.6 Å². The van der Waals surface area contributed by atoms with E-state index in [0.717, 1.165) is 35.0 Å². The highest BCUT2D eigenvalue weighted by Crippen LogP contribution is 2.29. The maximum Gasteiger partial charge on any atom is 0.133 e. The molecule has 1 aromatic heterocycles. The first kappa shape index (κ1) is 13.8. The van der Waals surface area contributed by atoms with E-state index in [1.165, 1.54) is 11.1 Å². The van der Waals surface area contributed by atoms with Crippen LogP contribution in [0, 0.1) is 0 Å². The minimum absolute atomic E-state index is 0.431. The van der Waals surface area contributed by atoms with Gasteiger partial charge in [-0.05, 0) is 51.5 Å². The molecule has 20 heavy (non-hydrogen) atoms. The number of fused-ring (bicyclic) bond motifs is 1. The van der Waals surface area contributed by atoms with E-state index in [-0.39, 0.29) is 0 Å². The van der Waals surface area contributed by atoms with Gasteiger partial charge in [0.1, 0.15) is 16.7 Å². The molecule has 2 heterocycles. The van der Waals surface area contributed by atoms with Crippen molar-refractivity contribution in [2.24, 2.45) is 0 Å². The van der Waals surface area contributed by atoms with Crippen molar-refractivity contribution < 1.29 is 0 Å². The van der Waals surface area contributed by atoms with Gasteiger partial charge in [-0.1, -0.05) is 24.6 Å². The molecule has 1 aromatic carbocycles. The average Bonchev–Trinajstić information content (AvgIpc) is 2.59. The fraction of sp³-hybridized carbons (Fsp3) is 0.333. The van der Waals surface area contributed by atoms with Gasteiger partial charge in [0.2, 0.25) is 0 Å². The smallest absolute Gasteiger partial charge is 0.133 e. The second-order valence-electron chi connectivity index (χ2n) is 5.14. The maximum atomic E-state index is 6.13. The van der Waals surface area contributed by atoms with Gasteiger partial charge in [0.25, 0.3) is 0 Å². The van der Waals surface area contributed by atoms with Gasteiger partial charge in [0.05, 0.1) is 0 Å². The monoisotopic (exact) mass is 351 g/mol. The average molecular weight is 353 g/mol. The van der Waals surface area contributed by atoms with E-state index < -0.39 is 0 Å². The van der Waals surface area contributed by atoms with E-state index >= 15 is 0 Å². The molecule has 0 radical (unpaired) electrons. The Morgan fingerprint density at radius 2 is 2.15 bits per heavy atom. The Morgan fingerprint density at radius 3 is 2.95 bits per heavy atom. The third-order valence-corrected chi connectivity index (χ3v) is 4.40. The first-order valence-electron chi connectivity index (χ1n) is 6.64. The number of hydrogen-bond acceptors (Lipinski definition) is 3. The number of aromatic nitrogens is 2. The first-order chi connectivity index (χ1) is 9.63. The van der Waals surface area contributed by atoms with Crippen LogP contribution >= 0.6 is 27.5 Å². The molecule has 5 heteroatoms. The summed E-state index contributed by atoms with van der Waals surface area (Å²) in [6.45, 7) is 4.14. The van der Waals surface area contributed by atoms with Gasteiger partial charge < -0.3 is 4.90 Å². The number of hydrogen-bond donors (Lipinski definition) is 0. The van der Waals surface area contributed by atoms with E-state index in [0.29, 0.717) is 5.92 Å². The molecule has 104 valence electrons. The number of rotatable bonds is 1. The zero-order valence-corrected chi connectivity index (χ0v) is 13.5. The highest BCUT2D eigenvalue weighted by Gasteiger charge is 2.21. The Hall–Kier alpha value is -1.13. The van der Waals surface area contributed by atoms with Crippen LogP contribution in [0.2, 0.25) is 5.02 Å². The Labute approximate surface area is 132 Å². The molecule has 0 saturated carbocycles. The standard InChI is InChI=1S/C15H15BrClN3/c1-10-8-20(15-7-14(16)18-9-19-15)5-4-11-2-3-12(17)6-13(10)11/h2-3,6-7,9-10H,4-5,8H2,1H3. The molecule has 0 spiro atoms. The summed E-state index contributed by atoms with van der Waals surface area (Å²) >= 11 is 9.54. The zero-order chi connectivity index (χ0) is 14.1. The molecule has 0 N–H and O–H groups in total. The zero-order valence-electron chi connectivity index (χ0n) is 11.2. The van der Waals surface area contributed by atoms with Gasteiger partial charge in [0.15, 0.2) is 0 Å². The Kier molecular flexibility index (Phi) is 3.94. The fourth-order valence-electron chi connectivity index (χ4n) is 2.73. The third-order valence-electron chi connectivity index (χ3n) is 3.73. The highest BCUT2D eigenvalue weighted by atomic mass is 79.9. The second kappa shape index (κ2) is 5.70. The molecule has 0 fully saturated rings. The van der Waals surface area contributed by atoms with E-state index in [2.05, 4.69) is 49.9 Å². The van der Waals surface area contributed by atoms with Gasteiger partial charge in [-0.2, -0.15) is 0 Å². The lowest BCUT2D eigenvalue weighted by molar-refractivity contribution is 0.706. The van der Waals surface area contributed by atoms with Crippen molar-refractivity contribution >= 4 is 33.3 Å². The van der Waals surface area contributed by atoms with Crippen molar-refractivity contribution in [3.8, 4) is 0 Å². The Bertz CT molecular complexity index is 632. The van der Waals surface area contributed by atoms with Crippen molar-refractivity contribution in [2.75, 3.05) is 18.0 Å². The number of nitrogens with zero attached hydrogens (tertiary/aromatic N) is 3. The van der Waals surface area contributed by atoms with Gasteiger partial charge in [-0.15, -0.1) is 0 Å². The summed E-state index contributed by atoms with van der Waals surface area (Å²) in [4.78, 5) is 10.8. The lowest BCUT2D eigenvalue weighted by Crippen LogP contribution is -2.28. The van der Waals surface area contributed by atoms with Crippen LogP contribution in [0.25, 0.3) is 0 Å². The topological polar surface area (TPSA) is 29.0 Å². The molecule has 1 aliphatic heterocycles. The molecule has 3 nitrogen and oxygen atoms in total. The van der Waals surface area contributed by atoms with Crippen molar-refractivity contribution in [1.82, 2.24) is 9.97 Å². The van der Waals surface area contributed by atoms with Gasteiger partial charge >= 0.3 is 0 Å². The lowest BCUT2D eigenvalue weighted by Gasteiger charge is -2.24. The Morgan fingerprint density at radius 1 is 1.30 bits per heavy atom.